The van der Waals surface area contributed by atoms with Crippen LogP contribution in [0.3, 0.4) is 0 Å². The molecule has 0 unspecified atom stereocenters. The molecule has 0 saturated carbocycles. The van der Waals surface area contributed by atoms with Gasteiger partial charge in [-0.3, -0.25) is 4.79 Å². The first-order valence-electron chi connectivity index (χ1n) is 6.14. The van der Waals surface area contributed by atoms with Gasteiger partial charge >= 0.3 is 0 Å². The normalized spacial score (nSPS) is 10.3. The Balaban J connectivity index is 2.40. The predicted octanol–water partition coefficient (Wildman–Crippen LogP) is 3.67. The summed E-state index contributed by atoms with van der Waals surface area (Å²) < 4.78 is 0. The van der Waals surface area contributed by atoms with Crippen molar-refractivity contribution in [1.82, 2.24) is 0 Å². The Morgan fingerprint density at radius 2 is 1.84 bits per heavy atom. The van der Waals surface area contributed by atoms with Gasteiger partial charge in [0.05, 0.1) is 5.56 Å². The van der Waals surface area contributed by atoms with E-state index in [4.69, 9.17) is 0 Å². The van der Waals surface area contributed by atoms with Gasteiger partial charge in [0.2, 0.25) is 0 Å². The molecule has 0 atom stereocenters. The highest BCUT2D eigenvalue weighted by Gasteiger charge is 2.11. The summed E-state index contributed by atoms with van der Waals surface area (Å²) in [7, 11) is 1.94. The molecule has 0 bridgehead atoms. The van der Waals surface area contributed by atoms with Crippen molar-refractivity contribution in [2.24, 2.45) is 0 Å². The predicted molar refractivity (Wildman–Crippen MR) is 77.4 cm³/mol. The van der Waals surface area contributed by atoms with Gasteiger partial charge in [-0.15, -0.1) is 0 Å². The minimum atomic E-state index is -0.136. The molecule has 2 aromatic rings. The largest absolute Gasteiger partial charge is 0.507 e. The van der Waals surface area contributed by atoms with Gasteiger partial charge in [-0.2, -0.15) is 0 Å². The molecule has 0 saturated heterocycles. The number of aromatic hydroxyl groups is 1. The molecule has 0 aliphatic carbocycles. The molecular weight excluding hydrogens is 238 g/mol. The Morgan fingerprint density at radius 1 is 1.16 bits per heavy atom. The highest BCUT2D eigenvalue weighted by atomic mass is 16.3. The summed E-state index contributed by atoms with van der Waals surface area (Å²) in [4.78, 5) is 13.3. The second-order valence-corrected chi connectivity index (χ2v) is 4.60. The van der Waals surface area contributed by atoms with Crippen LogP contribution in [0.2, 0.25) is 0 Å². The van der Waals surface area contributed by atoms with E-state index in [9.17, 15) is 9.90 Å². The summed E-state index contributed by atoms with van der Waals surface area (Å²) in [5.74, 6) is -0.118. The number of hydrogen-bond acceptors (Lipinski definition) is 3. The van der Waals surface area contributed by atoms with Gasteiger partial charge in [0.15, 0.2) is 5.78 Å². The Hall–Kier alpha value is -2.29. The van der Waals surface area contributed by atoms with Crippen molar-refractivity contribution in [1.29, 1.82) is 0 Å². The molecule has 19 heavy (non-hydrogen) atoms. The molecule has 2 aromatic carbocycles. The Bertz CT molecular complexity index is 620. The molecular formula is C16H17NO2. The summed E-state index contributed by atoms with van der Waals surface area (Å²) in [6.45, 7) is 3.48. The number of phenols is 1. The number of rotatable bonds is 3. The smallest absolute Gasteiger partial charge is 0.163 e. The first-order valence-corrected chi connectivity index (χ1v) is 6.14. The molecule has 98 valence electrons. The quantitative estimate of drug-likeness (QED) is 0.851. The van der Waals surface area contributed by atoms with Crippen molar-refractivity contribution in [2.45, 2.75) is 13.8 Å². The van der Waals surface area contributed by atoms with Crippen LogP contribution in [-0.4, -0.2) is 17.9 Å². The number of benzene rings is 2. The van der Waals surface area contributed by atoms with E-state index >= 15 is 0 Å². The van der Waals surface area contributed by atoms with Crippen molar-refractivity contribution >= 4 is 17.2 Å². The lowest BCUT2D eigenvalue weighted by Crippen LogP contribution is -2.11. The second-order valence-electron chi connectivity index (χ2n) is 4.60. The van der Waals surface area contributed by atoms with Crippen molar-refractivity contribution < 1.29 is 9.90 Å². The maximum absolute atomic E-state index is 11.3. The summed E-state index contributed by atoms with van der Waals surface area (Å²) in [6, 6.07) is 13.1. The molecule has 0 amide bonds. The molecule has 0 fully saturated rings. The molecule has 3 nitrogen and oxygen atoms in total. The van der Waals surface area contributed by atoms with Gasteiger partial charge in [0, 0.05) is 24.5 Å². The van der Waals surface area contributed by atoms with Gasteiger partial charge in [0.1, 0.15) is 5.75 Å². The fourth-order valence-corrected chi connectivity index (χ4v) is 2.11. The zero-order valence-electron chi connectivity index (χ0n) is 11.3. The number of carbonyl (C=O) groups is 1. The zero-order chi connectivity index (χ0) is 14.0. The monoisotopic (exact) mass is 255 g/mol. The topological polar surface area (TPSA) is 40.5 Å². The third kappa shape index (κ3) is 2.60. The third-order valence-electron chi connectivity index (χ3n) is 3.22. The van der Waals surface area contributed by atoms with Gasteiger partial charge in [-0.1, -0.05) is 18.2 Å². The minimum absolute atomic E-state index is 0.0189. The van der Waals surface area contributed by atoms with E-state index in [1.54, 1.807) is 12.1 Å². The Kier molecular flexibility index (Phi) is 3.56. The summed E-state index contributed by atoms with van der Waals surface area (Å²) in [5.41, 5.74) is 3.41. The van der Waals surface area contributed by atoms with Gasteiger partial charge in [-0.25, -0.2) is 0 Å². The number of aryl methyl sites for hydroxylation is 1. The molecule has 0 spiro atoms. The van der Waals surface area contributed by atoms with Gasteiger partial charge in [0.25, 0.3) is 0 Å². The maximum Gasteiger partial charge on any atom is 0.163 e. The van der Waals surface area contributed by atoms with Crippen LogP contribution < -0.4 is 4.90 Å². The van der Waals surface area contributed by atoms with E-state index in [2.05, 4.69) is 0 Å². The molecule has 0 aliphatic rings. The Morgan fingerprint density at radius 3 is 2.42 bits per heavy atom. The fourth-order valence-electron chi connectivity index (χ4n) is 2.11. The van der Waals surface area contributed by atoms with Crippen LogP contribution in [0.4, 0.5) is 11.4 Å². The third-order valence-corrected chi connectivity index (χ3v) is 3.22. The van der Waals surface area contributed by atoms with Crippen molar-refractivity contribution in [3.63, 3.8) is 0 Å². The number of Topliss-reactive ketones (excluding diaryl/α,β-unsaturated/α-hetero) is 1. The van der Waals surface area contributed by atoms with Crippen LogP contribution in [0.1, 0.15) is 22.8 Å². The first kappa shape index (κ1) is 13.1. The van der Waals surface area contributed by atoms with Gasteiger partial charge < -0.3 is 10.0 Å². The van der Waals surface area contributed by atoms with E-state index in [1.165, 1.54) is 6.92 Å². The Labute approximate surface area is 113 Å². The van der Waals surface area contributed by atoms with Crippen LogP contribution in [0, 0.1) is 6.92 Å². The number of anilines is 2. The maximum atomic E-state index is 11.3. The SMILES string of the molecule is CC(=O)c1ccc(N(C)c2ccccc2C)cc1O. The molecule has 1 N–H and O–H groups in total. The number of carbonyl (C=O) groups excluding carboxylic acids is 1. The lowest BCUT2D eigenvalue weighted by atomic mass is 10.1. The van der Waals surface area contributed by atoms with Crippen LogP contribution in [0.15, 0.2) is 42.5 Å². The average Bonchev–Trinajstić information content (AvgIpc) is 2.38. The van der Waals surface area contributed by atoms with Crippen molar-refractivity contribution in [2.75, 3.05) is 11.9 Å². The first-order chi connectivity index (χ1) is 9.00. The van der Waals surface area contributed by atoms with E-state index in [0.29, 0.717) is 5.56 Å². The highest BCUT2D eigenvalue weighted by molar-refractivity contribution is 5.97. The lowest BCUT2D eigenvalue weighted by Gasteiger charge is -2.22. The van der Waals surface area contributed by atoms with E-state index < -0.39 is 0 Å². The summed E-state index contributed by atoms with van der Waals surface area (Å²) in [5, 5.41) is 9.88. The summed E-state index contributed by atoms with van der Waals surface area (Å²) >= 11 is 0. The number of para-hydroxylation sites is 1. The molecule has 0 radical (unpaired) electrons. The fraction of sp³-hybridized carbons (Fsp3) is 0.188. The molecule has 2 rings (SSSR count). The van der Waals surface area contributed by atoms with E-state index in [-0.39, 0.29) is 11.5 Å². The number of ketones is 1. The standard InChI is InChI=1S/C16H17NO2/c1-11-6-4-5-7-15(11)17(3)13-8-9-14(12(2)18)16(19)10-13/h4-10,19H,1-3H3. The van der Waals surface area contributed by atoms with Crippen LogP contribution >= 0.6 is 0 Å². The second kappa shape index (κ2) is 5.14. The number of phenolic OH excluding ortho intramolecular Hbond substituents is 1. The van der Waals surface area contributed by atoms with E-state index in [1.807, 2.05) is 49.2 Å². The van der Waals surface area contributed by atoms with Gasteiger partial charge in [-0.05, 0) is 37.6 Å². The molecule has 0 heterocycles. The van der Waals surface area contributed by atoms with Crippen LogP contribution in [-0.2, 0) is 0 Å². The minimum Gasteiger partial charge on any atom is -0.507 e. The summed E-state index contributed by atoms with van der Waals surface area (Å²) in [6.07, 6.45) is 0. The lowest BCUT2D eigenvalue weighted by molar-refractivity contribution is 0.101. The van der Waals surface area contributed by atoms with Crippen molar-refractivity contribution in [3.05, 3.63) is 53.6 Å². The highest BCUT2D eigenvalue weighted by Crippen LogP contribution is 2.30. The van der Waals surface area contributed by atoms with E-state index in [0.717, 1.165) is 16.9 Å². The molecule has 3 heteroatoms. The zero-order valence-corrected chi connectivity index (χ0v) is 11.3. The molecule has 0 aliphatic heterocycles. The van der Waals surface area contributed by atoms with Crippen LogP contribution in [0.5, 0.6) is 5.75 Å². The van der Waals surface area contributed by atoms with Crippen molar-refractivity contribution in [3.8, 4) is 5.75 Å². The number of hydrogen-bond donors (Lipinski definition) is 1. The number of nitrogens with zero attached hydrogens (tertiary/aromatic N) is 1. The average molecular weight is 255 g/mol. The molecule has 0 aromatic heterocycles. The van der Waals surface area contributed by atoms with Crippen LogP contribution in [0.25, 0.3) is 0 Å².